The quantitative estimate of drug-likeness (QED) is 0.763. The Balaban J connectivity index is 1.74. The molecule has 6 nitrogen and oxygen atoms in total. The summed E-state index contributed by atoms with van der Waals surface area (Å²) in [5.41, 5.74) is 2.47. The summed E-state index contributed by atoms with van der Waals surface area (Å²) in [4.78, 5) is 31.7. The topological polar surface area (TPSA) is 84.0 Å². The summed E-state index contributed by atoms with van der Waals surface area (Å²) >= 11 is 1.40. The van der Waals surface area contributed by atoms with Crippen LogP contribution in [0.5, 0.6) is 0 Å². The molecule has 0 aliphatic carbocycles. The highest BCUT2D eigenvalue weighted by Gasteiger charge is 2.12. The minimum atomic E-state index is -0.300. The minimum Gasteiger partial charge on any atom is -0.326 e. The van der Waals surface area contributed by atoms with E-state index in [1.54, 1.807) is 42.0 Å². The Kier molecular flexibility index (Phi) is 4.62. The van der Waals surface area contributed by atoms with Gasteiger partial charge in [0.25, 0.3) is 5.91 Å². The first-order valence-corrected chi connectivity index (χ1v) is 8.05. The van der Waals surface area contributed by atoms with Crippen molar-refractivity contribution in [2.45, 2.75) is 6.92 Å². The number of anilines is 2. The van der Waals surface area contributed by atoms with Crippen molar-refractivity contribution >= 4 is 34.5 Å². The SMILES string of the molecule is CC(=O)Nc1cccc(NC(=O)c2csc(-c3ccncc3)n2)c1. The van der Waals surface area contributed by atoms with E-state index in [0.29, 0.717) is 17.1 Å². The van der Waals surface area contributed by atoms with Crippen molar-refractivity contribution in [3.63, 3.8) is 0 Å². The van der Waals surface area contributed by atoms with Crippen molar-refractivity contribution in [3.8, 4) is 10.6 Å². The van der Waals surface area contributed by atoms with Gasteiger partial charge >= 0.3 is 0 Å². The van der Waals surface area contributed by atoms with Gasteiger partial charge in [-0.15, -0.1) is 11.3 Å². The molecule has 3 rings (SSSR count). The highest BCUT2D eigenvalue weighted by molar-refractivity contribution is 7.13. The number of hydrogen-bond acceptors (Lipinski definition) is 5. The minimum absolute atomic E-state index is 0.167. The Labute approximate surface area is 142 Å². The molecule has 0 radical (unpaired) electrons. The molecule has 0 spiro atoms. The average molecular weight is 338 g/mol. The molecule has 0 fully saturated rings. The molecule has 0 aliphatic heterocycles. The van der Waals surface area contributed by atoms with Gasteiger partial charge in [0.15, 0.2) is 0 Å². The van der Waals surface area contributed by atoms with E-state index in [9.17, 15) is 9.59 Å². The van der Waals surface area contributed by atoms with E-state index in [1.807, 2.05) is 12.1 Å². The standard InChI is InChI=1S/C17H14N4O2S/c1-11(22)19-13-3-2-4-14(9-13)20-16(23)15-10-24-17(21-15)12-5-7-18-8-6-12/h2-10H,1H3,(H,19,22)(H,20,23). The van der Waals surface area contributed by atoms with E-state index in [4.69, 9.17) is 0 Å². The lowest BCUT2D eigenvalue weighted by molar-refractivity contribution is -0.114. The van der Waals surface area contributed by atoms with Crippen LogP contribution in [-0.2, 0) is 4.79 Å². The zero-order valence-corrected chi connectivity index (χ0v) is 13.6. The molecule has 120 valence electrons. The molecule has 24 heavy (non-hydrogen) atoms. The van der Waals surface area contributed by atoms with Gasteiger partial charge < -0.3 is 10.6 Å². The summed E-state index contributed by atoms with van der Waals surface area (Å²) in [6, 6.07) is 10.6. The number of pyridine rings is 1. The van der Waals surface area contributed by atoms with E-state index < -0.39 is 0 Å². The number of thiazole rings is 1. The van der Waals surface area contributed by atoms with Crippen molar-refractivity contribution in [1.82, 2.24) is 9.97 Å². The first kappa shape index (κ1) is 15.8. The van der Waals surface area contributed by atoms with Crippen LogP contribution in [0.1, 0.15) is 17.4 Å². The lowest BCUT2D eigenvalue weighted by Gasteiger charge is -2.06. The third kappa shape index (κ3) is 3.82. The van der Waals surface area contributed by atoms with Gasteiger partial charge in [-0.05, 0) is 30.3 Å². The van der Waals surface area contributed by atoms with E-state index >= 15 is 0 Å². The van der Waals surface area contributed by atoms with E-state index in [1.165, 1.54) is 18.3 Å². The molecule has 2 amide bonds. The maximum Gasteiger partial charge on any atom is 0.275 e. The molecule has 2 N–H and O–H groups in total. The third-order valence-corrected chi connectivity index (χ3v) is 4.00. The van der Waals surface area contributed by atoms with Crippen molar-refractivity contribution in [2.75, 3.05) is 10.6 Å². The highest BCUT2D eigenvalue weighted by atomic mass is 32.1. The fourth-order valence-corrected chi connectivity index (χ4v) is 2.88. The van der Waals surface area contributed by atoms with Gasteiger partial charge in [0.1, 0.15) is 10.7 Å². The first-order chi connectivity index (χ1) is 11.6. The number of nitrogens with one attached hydrogen (secondary N) is 2. The molecular formula is C17H14N4O2S. The monoisotopic (exact) mass is 338 g/mol. The zero-order chi connectivity index (χ0) is 16.9. The second-order valence-corrected chi connectivity index (χ2v) is 5.85. The molecule has 0 saturated heterocycles. The molecule has 0 atom stereocenters. The van der Waals surface area contributed by atoms with Crippen LogP contribution in [0.25, 0.3) is 10.6 Å². The summed E-state index contributed by atoms with van der Waals surface area (Å²) < 4.78 is 0. The number of hydrogen-bond donors (Lipinski definition) is 2. The summed E-state index contributed by atoms with van der Waals surface area (Å²) in [5.74, 6) is -0.466. The molecule has 7 heteroatoms. The van der Waals surface area contributed by atoms with Crippen molar-refractivity contribution in [3.05, 3.63) is 59.9 Å². The Bertz CT molecular complexity index is 877. The lowest BCUT2D eigenvalue weighted by Crippen LogP contribution is -2.13. The van der Waals surface area contributed by atoms with Gasteiger partial charge in [-0.3, -0.25) is 14.6 Å². The second kappa shape index (κ2) is 7.01. The number of carbonyl (C=O) groups is 2. The maximum absolute atomic E-state index is 12.3. The van der Waals surface area contributed by atoms with Crippen LogP contribution in [0.3, 0.4) is 0 Å². The maximum atomic E-state index is 12.3. The molecular weight excluding hydrogens is 324 g/mol. The predicted molar refractivity (Wildman–Crippen MR) is 94.0 cm³/mol. The van der Waals surface area contributed by atoms with E-state index in [2.05, 4.69) is 20.6 Å². The van der Waals surface area contributed by atoms with Crippen molar-refractivity contribution < 1.29 is 9.59 Å². The lowest BCUT2D eigenvalue weighted by atomic mass is 10.2. The number of amides is 2. The molecule has 2 heterocycles. The highest BCUT2D eigenvalue weighted by Crippen LogP contribution is 2.23. The summed E-state index contributed by atoms with van der Waals surface area (Å²) in [7, 11) is 0. The number of benzene rings is 1. The summed E-state index contributed by atoms with van der Waals surface area (Å²) in [5, 5.41) is 7.92. The summed E-state index contributed by atoms with van der Waals surface area (Å²) in [6.07, 6.45) is 3.37. The van der Waals surface area contributed by atoms with Gasteiger partial charge in [0, 0.05) is 41.6 Å². The zero-order valence-electron chi connectivity index (χ0n) is 12.8. The van der Waals surface area contributed by atoms with Crippen molar-refractivity contribution in [2.24, 2.45) is 0 Å². The van der Waals surface area contributed by atoms with Crippen LogP contribution in [0, 0.1) is 0 Å². The molecule has 3 aromatic rings. The third-order valence-electron chi connectivity index (χ3n) is 3.10. The van der Waals surface area contributed by atoms with Crippen LogP contribution in [-0.4, -0.2) is 21.8 Å². The normalized spacial score (nSPS) is 10.2. The number of rotatable bonds is 4. The number of nitrogens with zero attached hydrogens (tertiary/aromatic N) is 2. The van der Waals surface area contributed by atoms with Gasteiger partial charge in [0.2, 0.25) is 5.91 Å². The average Bonchev–Trinajstić information content (AvgIpc) is 3.05. The Morgan fingerprint density at radius 2 is 1.75 bits per heavy atom. The van der Waals surface area contributed by atoms with Crippen molar-refractivity contribution in [1.29, 1.82) is 0 Å². The smallest absolute Gasteiger partial charge is 0.275 e. The van der Waals surface area contributed by atoms with Crippen LogP contribution in [0.4, 0.5) is 11.4 Å². The van der Waals surface area contributed by atoms with Crippen LogP contribution < -0.4 is 10.6 Å². The molecule has 2 aromatic heterocycles. The Morgan fingerprint density at radius 3 is 2.46 bits per heavy atom. The molecule has 0 unspecified atom stereocenters. The molecule has 0 saturated carbocycles. The molecule has 1 aromatic carbocycles. The van der Waals surface area contributed by atoms with E-state index in [0.717, 1.165) is 10.6 Å². The fraction of sp³-hybridized carbons (Fsp3) is 0.0588. The number of carbonyl (C=O) groups excluding carboxylic acids is 2. The van der Waals surface area contributed by atoms with Gasteiger partial charge in [0.05, 0.1) is 0 Å². The number of aromatic nitrogens is 2. The molecule has 0 bridgehead atoms. The fourth-order valence-electron chi connectivity index (χ4n) is 2.08. The van der Waals surface area contributed by atoms with Crippen LogP contribution in [0.2, 0.25) is 0 Å². The predicted octanol–water partition coefficient (Wildman–Crippen LogP) is 3.42. The Morgan fingerprint density at radius 1 is 1.04 bits per heavy atom. The Hall–Kier alpha value is -3.06. The summed E-state index contributed by atoms with van der Waals surface area (Å²) in [6.45, 7) is 1.43. The van der Waals surface area contributed by atoms with Gasteiger partial charge in [-0.2, -0.15) is 0 Å². The first-order valence-electron chi connectivity index (χ1n) is 7.17. The second-order valence-electron chi connectivity index (χ2n) is 4.99. The van der Waals surface area contributed by atoms with Gasteiger partial charge in [-0.1, -0.05) is 6.07 Å². The van der Waals surface area contributed by atoms with Gasteiger partial charge in [-0.25, -0.2) is 4.98 Å². The van der Waals surface area contributed by atoms with Crippen LogP contribution >= 0.6 is 11.3 Å². The van der Waals surface area contributed by atoms with E-state index in [-0.39, 0.29) is 11.8 Å². The molecule has 0 aliphatic rings. The largest absolute Gasteiger partial charge is 0.326 e. The van der Waals surface area contributed by atoms with Crippen LogP contribution in [0.15, 0.2) is 54.2 Å².